The summed E-state index contributed by atoms with van der Waals surface area (Å²) in [5.74, 6) is 0. The highest BCUT2D eigenvalue weighted by molar-refractivity contribution is 7.89. The zero-order valence-corrected chi connectivity index (χ0v) is 11.9. The molecule has 1 heterocycles. The first-order chi connectivity index (χ1) is 9.12. The number of nitrogens with one attached hydrogen (secondary N) is 2. The normalized spacial score (nSPS) is 20.4. The van der Waals surface area contributed by atoms with Crippen molar-refractivity contribution in [1.82, 2.24) is 10.0 Å². The second kappa shape index (κ2) is 6.47. The van der Waals surface area contributed by atoms with Crippen molar-refractivity contribution in [1.29, 1.82) is 0 Å². The lowest BCUT2D eigenvalue weighted by atomic mass is 10.1. The van der Waals surface area contributed by atoms with Crippen LogP contribution in [0.5, 0.6) is 0 Å². The van der Waals surface area contributed by atoms with Gasteiger partial charge in [-0.25, -0.2) is 13.1 Å². The Kier molecular flexibility index (Phi) is 4.93. The standard InChI is InChI=1S/C13H20N2O3S/c1-18-10-11-4-2-6-13(8-11)19(16,17)15-12-5-3-7-14-9-12/h2,4,6,8,12,14-15H,3,5,7,9-10H2,1H3. The van der Waals surface area contributed by atoms with Crippen LogP contribution in [0, 0.1) is 0 Å². The van der Waals surface area contributed by atoms with E-state index in [9.17, 15) is 8.42 Å². The van der Waals surface area contributed by atoms with E-state index in [1.807, 2.05) is 6.07 Å². The number of benzene rings is 1. The summed E-state index contributed by atoms with van der Waals surface area (Å²) in [7, 11) is -1.86. The topological polar surface area (TPSA) is 67.4 Å². The zero-order valence-electron chi connectivity index (χ0n) is 11.1. The van der Waals surface area contributed by atoms with E-state index in [0.717, 1.165) is 24.9 Å². The van der Waals surface area contributed by atoms with Gasteiger partial charge in [-0.2, -0.15) is 0 Å². The third-order valence-corrected chi connectivity index (χ3v) is 4.66. The Morgan fingerprint density at radius 2 is 2.32 bits per heavy atom. The quantitative estimate of drug-likeness (QED) is 0.841. The minimum absolute atomic E-state index is 0.0233. The predicted molar refractivity (Wildman–Crippen MR) is 73.4 cm³/mol. The molecular formula is C13H20N2O3S. The molecule has 2 N–H and O–H groups in total. The number of hydrogen-bond donors (Lipinski definition) is 2. The maximum atomic E-state index is 12.3. The van der Waals surface area contributed by atoms with Gasteiger partial charge in [-0.15, -0.1) is 0 Å². The van der Waals surface area contributed by atoms with Gasteiger partial charge in [0.15, 0.2) is 0 Å². The number of piperidine rings is 1. The van der Waals surface area contributed by atoms with Crippen molar-refractivity contribution in [3.8, 4) is 0 Å². The lowest BCUT2D eigenvalue weighted by Gasteiger charge is -2.23. The first-order valence-electron chi connectivity index (χ1n) is 6.43. The molecule has 1 fully saturated rings. The van der Waals surface area contributed by atoms with E-state index >= 15 is 0 Å². The molecule has 2 rings (SSSR count). The van der Waals surface area contributed by atoms with Crippen LogP contribution in [0.2, 0.25) is 0 Å². The molecule has 19 heavy (non-hydrogen) atoms. The maximum absolute atomic E-state index is 12.3. The minimum atomic E-state index is -3.45. The average molecular weight is 284 g/mol. The Labute approximate surface area is 114 Å². The molecule has 106 valence electrons. The summed E-state index contributed by atoms with van der Waals surface area (Å²) in [6.45, 7) is 2.06. The fourth-order valence-electron chi connectivity index (χ4n) is 2.21. The first kappa shape index (κ1) is 14.5. The van der Waals surface area contributed by atoms with Crippen molar-refractivity contribution >= 4 is 10.0 Å². The van der Waals surface area contributed by atoms with E-state index in [1.54, 1.807) is 25.3 Å². The Morgan fingerprint density at radius 3 is 3.00 bits per heavy atom. The summed E-state index contributed by atoms with van der Waals surface area (Å²) in [6, 6.07) is 6.83. The highest BCUT2D eigenvalue weighted by Crippen LogP contribution is 2.14. The van der Waals surface area contributed by atoms with Gasteiger partial charge in [0.1, 0.15) is 0 Å². The van der Waals surface area contributed by atoms with E-state index in [4.69, 9.17) is 4.74 Å². The summed E-state index contributed by atoms with van der Waals surface area (Å²) in [4.78, 5) is 0.299. The lowest BCUT2D eigenvalue weighted by Crippen LogP contribution is -2.45. The van der Waals surface area contributed by atoms with E-state index in [1.165, 1.54) is 0 Å². The molecule has 0 aliphatic carbocycles. The van der Waals surface area contributed by atoms with Gasteiger partial charge in [0, 0.05) is 19.7 Å². The molecule has 1 atom stereocenters. The molecule has 1 aromatic carbocycles. The highest BCUT2D eigenvalue weighted by Gasteiger charge is 2.21. The fourth-order valence-corrected chi connectivity index (χ4v) is 3.55. The Morgan fingerprint density at radius 1 is 1.47 bits per heavy atom. The molecule has 0 radical (unpaired) electrons. The van der Waals surface area contributed by atoms with Gasteiger partial charge >= 0.3 is 0 Å². The van der Waals surface area contributed by atoms with Gasteiger partial charge in [0.25, 0.3) is 0 Å². The van der Waals surface area contributed by atoms with Crippen LogP contribution in [-0.2, 0) is 21.4 Å². The van der Waals surface area contributed by atoms with Gasteiger partial charge in [-0.05, 0) is 37.1 Å². The molecule has 5 nitrogen and oxygen atoms in total. The molecule has 0 saturated carbocycles. The molecule has 0 spiro atoms. The van der Waals surface area contributed by atoms with Gasteiger partial charge in [-0.1, -0.05) is 12.1 Å². The molecule has 1 unspecified atom stereocenters. The molecule has 1 aliphatic rings. The molecule has 1 aromatic rings. The number of sulfonamides is 1. The summed E-state index contributed by atoms with van der Waals surface area (Å²) >= 11 is 0. The number of methoxy groups -OCH3 is 1. The predicted octanol–water partition coefficient (Wildman–Crippen LogP) is 0.863. The lowest BCUT2D eigenvalue weighted by molar-refractivity contribution is 0.184. The number of rotatable bonds is 5. The Hall–Kier alpha value is -0.950. The van der Waals surface area contributed by atoms with E-state index in [0.29, 0.717) is 18.0 Å². The Balaban J connectivity index is 2.11. The number of ether oxygens (including phenoxy) is 1. The van der Waals surface area contributed by atoms with Crippen molar-refractivity contribution in [2.45, 2.75) is 30.4 Å². The van der Waals surface area contributed by atoms with Crippen molar-refractivity contribution in [2.24, 2.45) is 0 Å². The fraction of sp³-hybridized carbons (Fsp3) is 0.538. The maximum Gasteiger partial charge on any atom is 0.240 e. The van der Waals surface area contributed by atoms with E-state index in [-0.39, 0.29) is 6.04 Å². The van der Waals surface area contributed by atoms with E-state index in [2.05, 4.69) is 10.0 Å². The third-order valence-electron chi connectivity index (χ3n) is 3.14. The molecule has 1 aliphatic heterocycles. The van der Waals surface area contributed by atoms with E-state index < -0.39 is 10.0 Å². The van der Waals surface area contributed by atoms with Crippen molar-refractivity contribution in [2.75, 3.05) is 20.2 Å². The van der Waals surface area contributed by atoms with Crippen molar-refractivity contribution in [3.05, 3.63) is 29.8 Å². The van der Waals surface area contributed by atoms with Crippen LogP contribution in [0.4, 0.5) is 0 Å². The van der Waals surface area contributed by atoms with Crippen molar-refractivity contribution in [3.63, 3.8) is 0 Å². The van der Waals surface area contributed by atoms with Gasteiger partial charge < -0.3 is 10.1 Å². The third kappa shape index (κ3) is 4.01. The second-order valence-electron chi connectivity index (χ2n) is 4.74. The summed E-state index contributed by atoms with van der Waals surface area (Å²) < 4.78 is 32.3. The molecule has 1 saturated heterocycles. The summed E-state index contributed by atoms with van der Waals surface area (Å²) in [6.07, 6.45) is 1.88. The van der Waals surface area contributed by atoms with Gasteiger partial charge in [0.2, 0.25) is 10.0 Å². The van der Waals surface area contributed by atoms with Crippen molar-refractivity contribution < 1.29 is 13.2 Å². The SMILES string of the molecule is COCc1cccc(S(=O)(=O)NC2CCCNC2)c1. The summed E-state index contributed by atoms with van der Waals surface area (Å²) in [5.41, 5.74) is 0.854. The number of hydrogen-bond acceptors (Lipinski definition) is 4. The molecule has 6 heteroatoms. The molecule has 0 amide bonds. The van der Waals surface area contributed by atoms with Crippen LogP contribution in [0.3, 0.4) is 0 Å². The monoisotopic (exact) mass is 284 g/mol. The minimum Gasteiger partial charge on any atom is -0.380 e. The molecule has 0 bridgehead atoms. The van der Waals surface area contributed by atoms with Crippen LogP contribution in [-0.4, -0.2) is 34.7 Å². The largest absolute Gasteiger partial charge is 0.380 e. The van der Waals surface area contributed by atoms with Crippen LogP contribution >= 0.6 is 0 Å². The summed E-state index contributed by atoms with van der Waals surface area (Å²) in [5, 5.41) is 3.19. The molecular weight excluding hydrogens is 264 g/mol. The van der Waals surface area contributed by atoms with Gasteiger partial charge in [0.05, 0.1) is 11.5 Å². The average Bonchev–Trinajstić information content (AvgIpc) is 2.40. The highest BCUT2D eigenvalue weighted by atomic mass is 32.2. The second-order valence-corrected chi connectivity index (χ2v) is 6.46. The Bertz CT molecular complexity index is 510. The van der Waals surface area contributed by atoms with Gasteiger partial charge in [-0.3, -0.25) is 0 Å². The van der Waals surface area contributed by atoms with Crippen LogP contribution < -0.4 is 10.0 Å². The molecule has 0 aromatic heterocycles. The van der Waals surface area contributed by atoms with Crippen LogP contribution in [0.25, 0.3) is 0 Å². The zero-order chi connectivity index (χ0) is 13.7. The smallest absolute Gasteiger partial charge is 0.240 e. The van der Waals surface area contributed by atoms with Crippen LogP contribution in [0.15, 0.2) is 29.2 Å². The van der Waals surface area contributed by atoms with Crippen LogP contribution in [0.1, 0.15) is 18.4 Å². The first-order valence-corrected chi connectivity index (χ1v) is 7.91.